The molecule has 1 aromatic carbocycles. The van der Waals surface area contributed by atoms with E-state index in [0.717, 1.165) is 0 Å². The molecule has 0 radical (unpaired) electrons. The fourth-order valence-corrected chi connectivity index (χ4v) is 4.15. The molecule has 2 amide bonds. The number of piperazine rings is 1. The lowest BCUT2D eigenvalue weighted by Gasteiger charge is -2.28. The number of carbonyl (C=O) groups excluding carboxylic acids is 2. The first kappa shape index (κ1) is 21.7. The van der Waals surface area contributed by atoms with E-state index in [1.165, 1.54) is 6.07 Å². The zero-order valence-corrected chi connectivity index (χ0v) is 17.8. The maximum Gasteiger partial charge on any atom is 0.293 e. The Morgan fingerprint density at radius 2 is 1.69 bits per heavy atom. The van der Waals surface area contributed by atoms with Crippen molar-refractivity contribution in [3.8, 4) is 0 Å². The summed E-state index contributed by atoms with van der Waals surface area (Å²) in [5, 5.41) is 15.0. The number of nitro benzene ring substituents is 1. The van der Waals surface area contributed by atoms with Gasteiger partial charge in [-0.2, -0.15) is 0 Å². The number of nitrogens with one attached hydrogen (secondary N) is 1. The number of benzene rings is 1. The maximum absolute atomic E-state index is 12.8. The van der Waals surface area contributed by atoms with Gasteiger partial charge in [0.25, 0.3) is 17.5 Å². The predicted octanol–water partition coefficient (Wildman–Crippen LogP) is 1.39. The van der Waals surface area contributed by atoms with E-state index < -0.39 is 4.92 Å². The summed E-state index contributed by atoms with van der Waals surface area (Å²) in [6.45, 7) is 4.68. The van der Waals surface area contributed by atoms with E-state index in [9.17, 15) is 19.7 Å². The van der Waals surface area contributed by atoms with Crippen LogP contribution < -0.4 is 10.2 Å². The van der Waals surface area contributed by atoms with Gasteiger partial charge in [0.2, 0.25) is 0 Å². The molecule has 0 unspecified atom stereocenters. The minimum Gasteiger partial charge on any atom is -0.364 e. The van der Waals surface area contributed by atoms with Gasteiger partial charge in [0.1, 0.15) is 5.69 Å². The Bertz CT molecular complexity index is 993. The van der Waals surface area contributed by atoms with Gasteiger partial charge < -0.3 is 20.0 Å². The first-order chi connectivity index (χ1) is 15.5. The molecule has 0 bridgehead atoms. The Morgan fingerprint density at radius 1 is 0.938 bits per heavy atom. The Balaban J connectivity index is 1.50. The van der Waals surface area contributed by atoms with Gasteiger partial charge in [-0.15, -0.1) is 0 Å². The van der Waals surface area contributed by atoms with E-state index in [1.807, 2.05) is 4.90 Å². The van der Waals surface area contributed by atoms with Gasteiger partial charge in [-0.3, -0.25) is 24.7 Å². The second-order valence-electron chi connectivity index (χ2n) is 7.88. The van der Waals surface area contributed by atoms with Crippen LogP contribution >= 0.6 is 0 Å². The Morgan fingerprint density at radius 3 is 2.41 bits per heavy atom. The van der Waals surface area contributed by atoms with Crippen LogP contribution in [-0.4, -0.2) is 83.9 Å². The van der Waals surface area contributed by atoms with Crippen LogP contribution in [0.3, 0.4) is 0 Å². The lowest BCUT2D eigenvalue weighted by Crippen LogP contribution is -2.46. The van der Waals surface area contributed by atoms with Crippen LogP contribution in [0.1, 0.15) is 27.1 Å². The standard InChI is InChI=1S/C22H26N6O4/c29-21(27-11-7-23-8-12-27)17-4-5-19(20(15-17)28(31)32)25-9-2-10-26(14-13-25)22(30)18-3-1-6-24-16-18/h1,3-6,15-16,23H,2,7-14H2. The highest BCUT2D eigenvalue weighted by atomic mass is 16.6. The highest BCUT2D eigenvalue weighted by Crippen LogP contribution is 2.30. The van der Waals surface area contributed by atoms with Crippen molar-refractivity contribution in [3.63, 3.8) is 0 Å². The van der Waals surface area contributed by atoms with Crippen molar-refractivity contribution in [2.75, 3.05) is 57.3 Å². The molecular weight excluding hydrogens is 412 g/mol. The molecule has 10 heteroatoms. The molecule has 3 heterocycles. The summed E-state index contributed by atoms with van der Waals surface area (Å²) in [7, 11) is 0. The van der Waals surface area contributed by atoms with E-state index in [-0.39, 0.29) is 17.5 Å². The topological polar surface area (TPSA) is 112 Å². The highest BCUT2D eigenvalue weighted by Gasteiger charge is 2.27. The summed E-state index contributed by atoms with van der Waals surface area (Å²) in [5.74, 6) is -0.281. The minimum absolute atomic E-state index is 0.0852. The summed E-state index contributed by atoms with van der Waals surface area (Å²) in [4.78, 5) is 46.3. The molecular formula is C22H26N6O4. The average Bonchev–Trinajstić information content (AvgIpc) is 3.10. The molecule has 4 rings (SSSR count). The number of nitro groups is 1. The van der Waals surface area contributed by atoms with Gasteiger partial charge in [0.05, 0.1) is 10.5 Å². The van der Waals surface area contributed by atoms with Crippen molar-refractivity contribution in [2.45, 2.75) is 6.42 Å². The Kier molecular flexibility index (Phi) is 6.60. The third-order valence-electron chi connectivity index (χ3n) is 5.86. The van der Waals surface area contributed by atoms with Gasteiger partial charge in [0.15, 0.2) is 0 Å². The largest absolute Gasteiger partial charge is 0.364 e. The SMILES string of the molecule is O=C(c1ccc(N2CCCN(C(=O)c3cccnc3)CC2)c([N+](=O)[O-])c1)N1CCNCC1. The number of hydrogen-bond donors (Lipinski definition) is 1. The summed E-state index contributed by atoms with van der Waals surface area (Å²) in [6.07, 6.45) is 3.85. The average molecular weight is 438 g/mol. The quantitative estimate of drug-likeness (QED) is 0.567. The monoisotopic (exact) mass is 438 g/mol. The molecule has 2 aromatic rings. The van der Waals surface area contributed by atoms with Gasteiger partial charge in [-0.1, -0.05) is 0 Å². The number of pyridine rings is 1. The maximum atomic E-state index is 12.8. The number of nitrogens with zero attached hydrogens (tertiary/aromatic N) is 5. The van der Waals surface area contributed by atoms with Crippen LogP contribution in [0.25, 0.3) is 0 Å². The van der Waals surface area contributed by atoms with Gasteiger partial charge in [-0.05, 0) is 30.7 Å². The summed E-state index contributed by atoms with van der Waals surface area (Å²) in [6, 6.07) is 8.16. The van der Waals surface area contributed by atoms with E-state index in [4.69, 9.17) is 0 Å². The van der Waals surface area contributed by atoms with E-state index >= 15 is 0 Å². The third kappa shape index (κ3) is 4.70. The molecule has 0 spiro atoms. The number of aromatic nitrogens is 1. The summed E-state index contributed by atoms with van der Waals surface area (Å²) in [5.41, 5.74) is 1.24. The highest BCUT2D eigenvalue weighted by molar-refractivity contribution is 5.96. The minimum atomic E-state index is -0.437. The Labute approximate surface area is 186 Å². The second-order valence-corrected chi connectivity index (χ2v) is 7.88. The van der Waals surface area contributed by atoms with Crippen molar-refractivity contribution in [2.24, 2.45) is 0 Å². The van der Waals surface area contributed by atoms with E-state index in [0.29, 0.717) is 75.6 Å². The summed E-state index contributed by atoms with van der Waals surface area (Å²) >= 11 is 0. The molecule has 1 N–H and O–H groups in total. The van der Waals surface area contributed by atoms with Crippen LogP contribution in [0.15, 0.2) is 42.7 Å². The third-order valence-corrected chi connectivity index (χ3v) is 5.86. The first-order valence-corrected chi connectivity index (χ1v) is 10.8. The number of amides is 2. The number of hydrogen-bond acceptors (Lipinski definition) is 7. The molecule has 0 atom stereocenters. The zero-order chi connectivity index (χ0) is 22.5. The zero-order valence-electron chi connectivity index (χ0n) is 17.8. The summed E-state index contributed by atoms with van der Waals surface area (Å²) < 4.78 is 0. The molecule has 2 aliphatic heterocycles. The van der Waals surface area contributed by atoms with Crippen molar-refractivity contribution in [1.82, 2.24) is 20.1 Å². The smallest absolute Gasteiger partial charge is 0.293 e. The molecule has 2 fully saturated rings. The molecule has 168 valence electrons. The molecule has 2 saturated heterocycles. The number of carbonyl (C=O) groups is 2. The number of anilines is 1. The van der Waals surface area contributed by atoms with Gasteiger partial charge in [0, 0.05) is 76.4 Å². The van der Waals surface area contributed by atoms with Crippen LogP contribution in [0, 0.1) is 10.1 Å². The normalized spacial score (nSPS) is 17.1. The van der Waals surface area contributed by atoms with Crippen molar-refractivity contribution in [1.29, 1.82) is 0 Å². The van der Waals surface area contributed by atoms with Gasteiger partial charge >= 0.3 is 0 Å². The van der Waals surface area contributed by atoms with Gasteiger partial charge in [-0.25, -0.2) is 0 Å². The second kappa shape index (κ2) is 9.73. The first-order valence-electron chi connectivity index (χ1n) is 10.8. The van der Waals surface area contributed by atoms with E-state index in [1.54, 1.807) is 46.5 Å². The molecule has 10 nitrogen and oxygen atoms in total. The fourth-order valence-electron chi connectivity index (χ4n) is 4.15. The Hall–Kier alpha value is -3.53. The predicted molar refractivity (Wildman–Crippen MR) is 119 cm³/mol. The molecule has 1 aromatic heterocycles. The van der Waals surface area contributed by atoms with Crippen LogP contribution in [0.4, 0.5) is 11.4 Å². The van der Waals surface area contributed by atoms with E-state index in [2.05, 4.69) is 10.3 Å². The van der Waals surface area contributed by atoms with Crippen molar-refractivity contribution >= 4 is 23.2 Å². The molecule has 32 heavy (non-hydrogen) atoms. The van der Waals surface area contributed by atoms with Crippen molar-refractivity contribution in [3.05, 3.63) is 64.0 Å². The lowest BCUT2D eigenvalue weighted by molar-refractivity contribution is -0.384. The lowest BCUT2D eigenvalue weighted by atomic mass is 10.1. The molecule has 2 aliphatic rings. The van der Waals surface area contributed by atoms with Crippen LogP contribution in [-0.2, 0) is 0 Å². The fraction of sp³-hybridized carbons (Fsp3) is 0.409. The van der Waals surface area contributed by atoms with Crippen LogP contribution in [0.5, 0.6) is 0 Å². The number of rotatable bonds is 4. The molecule has 0 aliphatic carbocycles. The van der Waals surface area contributed by atoms with Crippen LogP contribution in [0.2, 0.25) is 0 Å². The molecule has 0 saturated carbocycles. The van der Waals surface area contributed by atoms with Crippen molar-refractivity contribution < 1.29 is 14.5 Å².